The number of aliphatic imine (C=N–C) groups is 1. The molecule has 1 aliphatic heterocycles. The number of halogens is 2. The van der Waals surface area contributed by atoms with E-state index < -0.39 is 0 Å². The van der Waals surface area contributed by atoms with E-state index in [0.29, 0.717) is 49.3 Å². The van der Waals surface area contributed by atoms with Gasteiger partial charge in [0, 0.05) is 10.6 Å². The van der Waals surface area contributed by atoms with Gasteiger partial charge in [0.05, 0.1) is 31.1 Å². The number of thiazole rings is 1. The van der Waals surface area contributed by atoms with Gasteiger partial charge in [-0.25, -0.2) is 14.9 Å². The number of benzene rings is 3. The fraction of sp³-hybridized carbons (Fsp3) is 0.115. The third-order valence-electron chi connectivity index (χ3n) is 5.48. The van der Waals surface area contributed by atoms with Gasteiger partial charge in [0.15, 0.2) is 16.6 Å². The van der Waals surface area contributed by atoms with Crippen molar-refractivity contribution in [1.29, 1.82) is 0 Å². The summed E-state index contributed by atoms with van der Waals surface area (Å²) in [5, 5.41) is 1.35. The van der Waals surface area contributed by atoms with Crippen LogP contribution in [0.1, 0.15) is 11.1 Å². The second kappa shape index (κ2) is 9.81. The Morgan fingerprint density at radius 2 is 1.64 bits per heavy atom. The number of aromatic nitrogens is 1. The van der Waals surface area contributed by atoms with Crippen molar-refractivity contribution in [3.05, 3.63) is 81.5 Å². The van der Waals surface area contributed by atoms with Gasteiger partial charge in [-0.15, -0.1) is 0 Å². The topological polar surface area (TPSA) is 73.2 Å². The molecule has 0 fully saturated rings. The Labute approximate surface area is 221 Å². The van der Waals surface area contributed by atoms with Crippen molar-refractivity contribution in [2.45, 2.75) is 0 Å². The quantitative estimate of drug-likeness (QED) is 0.263. The molecule has 0 N–H and O–H groups in total. The maximum Gasteiger partial charge on any atom is 0.284 e. The number of anilines is 1. The van der Waals surface area contributed by atoms with E-state index in [1.54, 1.807) is 30.3 Å². The molecule has 2 heterocycles. The molecular weight excluding hydrogens is 521 g/mol. The van der Waals surface area contributed by atoms with E-state index in [-0.39, 0.29) is 11.6 Å². The third kappa shape index (κ3) is 4.28. The molecule has 0 bridgehead atoms. The van der Waals surface area contributed by atoms with E-state index in [2.05, 4.69) is 4.98 Å². The van der Waals surface area contributed by atoms with Crippen molar-refractivity contribution in [3.8, 4) is 17.2 Å². The lowest BCUT2D eigenvalue weighted by atomic mass is 10.1. The number of hydrogen-bond donors (Lipinski definition) is 0. The summed E-state index contributed by atoms with van der Waals surface area (Å²) in [5.74, 6) is 1.52. The summed E-state index contributed by atoms with van der Waals surface area (Å²) in [6, 6.07) is 16.4. The SMILES string of the molecule is COc1cc(/C=C2\N=C(c3ccccc3)N(c3nc4c(Cl)cc(Cl)cc4s3)C2=O)cc(OC)c1OC. The largest absolute Gasteiger partial charge is 0.493 e. The molecule has 0 radical (unpaired) electrons. The summed E-state index contributed by atoms with van der Waals surface area (Å²) in [6.07, 6.45) is 1.67. The standard InChI is InChI=1S/C26H19Cl2N3O4S/c1-33-19-10-14(11-20(34-2)23(19)35-3)9-18-25(32)31(24(29-18)15-7-5-4-6-8-15)26-30-22-17(28)12-16(27)13-21(22)36-26/h4-13H,1-3H3/b18-9-. The van der Waals surface area contributed by atoms with Gasteiger partial charge in [0.2, 0.25) is 5.75 Å². The Balaban J connectivity index is 1.65. The van der Waals surface area contributed by atoms with Gasteiger partial charge < -0.3 is 14.2 Å². The average molecular weight is 540 g/mol. The monoisotopic (exact) mass is 539 g/mol. The number of ether oxygens (including phenoxy) is 3. The highest BCUT2D eigenvalue weighted by Gasteiger charge is 2.35. The predicted octanol–water partition coefficient (Wildman–Crippen LogP) is 6.46. The van der Waals surface area contributed by atoms with Gasteiger partial charge in [0.1, 0.15) is 17.0 Å². The molecule has 182 valence electrons. The van der Waals surface area contributed by atoms with Crippen molar-refractivity contribution < 1.29 is 19.0 Å². The van der Waals surface area contributed by atoms with Gasteiger partial charge >= 0.3 is 0 Å². The number of methoxy groups -OCH3 is 3. The summed E-state index contributed by atoms with van der Waals surface area (Å²) in [4.78, 5) is 24.6. The number of hydrogen-bond acceptors (Lipinski definition) is 7. The number of carbonyl (C=O) groups is 1. The molecule has 0 spiro atoms. The summed E-state index contributed by atoms with van der Waals surface area (Å²) < 4.78 is 17.1. The smallest absolute Gasteiger partial charge is 0.284 e. The lowest BCUT2D eigenvalue weighted by Crippen LogP contribution is -2.32. The molecule has 3 aromatic carbocycles. The zero-order chi connectivity index (χ0) is 25.4. The molecule has 36 heavy (non-hydrogen) atoms. The van der Waals surface area contributed by atoms with Crippen molar-refractivity contribution in [2.75, 3.05) is 26.2 Å². The minimum Gasteiger partial charge on any atom is -0.493 e. The lowest BCUT2D eigenvalue weighted by molar-refractivity contribution is -0.113. The van der Waals surface area contributed by atoms with Crippen LogP contribution in [0.25, 0.3) is 16.3 Å². The van der Waals surface area contributed by atoms with Gasteiger partial charge in [-0.3, -0.25) is 4.79 Å². The van der Waals surface area contributed by atoms with Crippen LogP contribution < -0.4 is 19.1 Å². The number of fused-ring (bicyclic) bond motifs is 1. The summed E-state index contributed by atoms with van der Waals surface area (Å²) >= 11 is 13.9. The van der Waals surface area contributed by atoms with E-state index >= 15 is 0 Å². The van der Waals surface area contributed by atoms with Crippen LogP contribution in [-0.4, -0.2) is 38.1 Å². The molecule has 0 aliphatic carbocycles. The van der Waals surface area contributed by atoms with E-state index in [1.165, 1.54) is 37.6 Å². The number of amides is 1. The predicted molar refractivity (Wildman–Crippen MR) is 144 cm³/mol. The Morgan fingerprint density at radius 1 is 0.944 bits per heavy atom. The minimum atomic E-state index is -0.330. The van der Waals surface area contributed by atoms with Crippen LogP contribution in [0.2, 0.25) is 10.0 Å². The van der Waals surface area contributed by atoms with Crippen molar-refractivity contribution in [3.63, 3.8) is 0 Å². The first kappa shape index (κ1) is 24.1. The fourth-order valence-corrected chi connectivity index (χ4v) is 5.55. The first-order chi connectivity index (χ1) is 17.4. The fourth-order valence-electron chi connectivity index (χ4n) is 3.86. The minimum absolute atomic E-state index is 0.228. The van der Waals surface area contributed by atoms with Crippen molar-refractivity contribution in [2.24, 2.45) is 4.99 Å². The van der Waals surface area contributed by atoms with Crippen LogP contribution in [0.4, 0.5) is 5.13 Å². The van der Waals surface area contributed by atoms with Crippen LogP contribution in [0.15, 0.2) is 65.3 Å². The van der Waals surface area contributed by atoms with E-state index in [1.807, 2.05) is 30.3 Å². The molecule has 1 amide bonds. The highest BCUT2D eigenvalue weighted by Crippen LogP contribution is 2.40. The van der Waals surface area contributed by atoms with Crippen molar-refractivity contribution >= 4 is 67.7 Å². The first-order valence-electron chi connectivity index (χ1n) is 10.7. The second-order valence-corrected chi connectivity index (χ2v) is 9.51. The van der Waals surface area contributed by atoms with Crippen LogP contribution >= 0.6 is 34.5 Å². The zero-order valence-electron chi connectivity index (χ0n) is 19.4. The average Bonchev–Trinajstić information content (AvgIpc) is 3.44. The number of amidine groups is 1. The van der Waals surface area contributed by atoms with E-state index in [0.717, 1.165) is 10.3 Å². The van der Waals surface area contributed by atoms with Crippen LogP contribution in [-0.2, 0) is 4.79 Å². The van der Waals surface area contributed by atoms with E-state index in [4.69, 9.17) is 42.4 Å². The molecule has 0 atom stereocenters. The number of carbonyl (C=O) groups excluding carboxylic acids is 1. The number of nitrogens with zero attached hydrogens (tertiary/aromatic N) is 3. The van der Waals surface area contributed by atoms with Crippen molar-refractivity contribution in [1.82, 2.24) is 4.98 Å². The molecule has 0 saturated carbocycles. The van der Waals surface area contributed by atoms with Crippen LogP contribution in [0.5, 0.6) is 17.2 Å². The highest BCUT2D eigenvalue weighted by atomic mass is 35.5. The molecule has 1 aromatic heterocycles. The molecule has 4 aromatic rings. The molecule has 5 rings (SSSR count). The lowest BCUT2D eigenvalue weighted by Gasteiger charge is -2.15. The van der Waals surface area contributed by atoms with Gasteiger partial charge in [-0.2, -0.15) is 0 Å². The Bertz CT molecular complexity index is 1520. The number of rotatable bonds is 6. The second-order valence-electron chi connectivity index (χ2n) is 7.66. The summed E-state index contributed by atoms with van der Waals surface area (Å²) in [6.45, 7) is 0. The maximum atomic E-state index is 13.7. The highest BCUT2D eigenvalue weighted by molar-refractivity contribution is 7.22. The maximum absolute atomic E-state index is 13.7. The van der Waals surface area contributed by atoms with Gasteiger partial charge in [0.25, 0.3) is 5.91 Å². The zero-order valence-corrected chi connectivity index (χ0v) is 21.7. The third-order valence-corrected chi connectivity index (χ3v) is 6.97. The molecule has 10 heteroatoms. The Morgan fingerprint density at radius 3 is 2.28 bits per heavy atom. The van der Waals surface area contributed by atoms with Crippen LogP contribution in [0, 0.1) is 0 Å². The Hall–Kier alpha value is -3.59. The molecule has 0 unspecified atom stereocenters. The van der Waals surface area contributed by atoms with Gasteiger partial charge in [-0.1, -0.05) is 64.9 Å². The van der Waals surface area contributed by atoms with Gasteiger partial charge in [-0.05, 0) is 35.9 Å². The molecular formula is C26H19Cl2N3O4S. The summed E-state index contributed by atoms with van der Waals surface area (Å²) in [7, 11) is 4.60. The normalized spacial score (nSPS) is 14.5. The van der Waals surface area contributed by atoms with Crippen LogP contribution in [0.3, 0.4) is 0 Å². The summed E-state index contributed by atoms with van der Waals surface area (Å²) in [5.41, 5.74) is 2.22. The first-order valence-corrected chi connectivity index (χ1v) is 12.3. The molecule has 0 saturated heterocycles. The van der Waals surface area contributed by atoms with E-state index in [9.17, 15) is 4.79 Å². The molecule has 7 nitrogen and oxygen atoms in total. The Kier molecular flexibility index (Phi) is 6.57. The molecule has 1 aliphatic rings.